The van der Waals surface area contributed by atoms with E-state index in [2.05, 4.69) is 16.3 Å². The van der Waals surface area contributed by atoms with Crippen LogP contribution in [0.25, 0.3) is 0 Å². The molecule has 0 aromatic heterocycles. The van der Waals surface area contributed by atoms with E-state index < -0.39 is 38.4 Å². The maximum Gasteiger partial charge on any atom is 0.416 e. The standard InChI is InChI=1S/C25H29F6N5O2S/c1-16(34-22-7-5-4-6-21(22)23(32)35(2)3)36-10-8-17(9-11-36)15-33-39(37,38)20-13-18(24(26,27)28)12-19(14-20)25(29,30)31/h4-7,12-14,17,33H,1,8-11,15,32H2,2-3H3/b23-21+,34-22-. The zero-order valence-corrected chi connectivity index (χ0v) is 22.1. The SMILES string of the molecule is C=C(/N=C1/C=CC=C/C1=C(/N)N(C)C)N1CCC(CNS(=O)(=O)c2cc(C(F)(F)F)cc(C(F)(F)F)c2)CC1. The Morgan fingerprint density at radius 2 is 1.59 bits per heavy atom. The van der Waals surface area contributed by atoms with Crippen molar-refractivity contribution in [2.75, 3.05) is 33.7 Å². The number of alkyl halides is 6. The summed E-state index contributed by atoms with van der Waals surface area (Å²) in [6.45, 7) is 4.84. The Kier molecular flexibility index (Phi) is 8.90. The van der Waals surface area contributed by atoms with Gasteiger partial charge in [0.05, 0.1) is 21.7 Å². The van der Waals surface area contributed by atoms with E-state index in [9.17, 15) is 34.8 Å². The van der Waals surface area contributed by atoms with Crippen LogP contribution in [0.5, 0.6) is 0 Å². The predicted octanol–water partition coefficient (Wildman–Crippen LogP) is 4.48. The number of allylic oxidation sites excluding steroid dienone is 5. The molecule has 1 heterocycles. The molecule has 7 nitrogen and oxygen atoms in total. The third-order valence-corrected chi connectivity index (χ3v) is 7.73. The molecule has 0 unspecified atom stereocenters. The maximum atomic E-state index is 13.1. The third kappa shape index (κ3) is 7.66. The number of hydrogen-bond donors (Lipinski definition) is 2. The second-order valence-electron chi connectivity index (χ2n) is 9.35. The summed E-state index contributed by atoms with van der Waals surface area (Å²) in [7, 11) is -1.02. The largest absolute Gasteiger partial charge is 0.416 e. The van der Waals surface area contributed by atoms with Crippen LogP contribution in [0.1, 0.15) is 24.0 Å². The van der Waals surface area contributed by atoms with E-state index in [0.29, 0.717) is 43.3 Å². The average Bonchev–Trinajstić information content (AvgIpc) is 2.86. The molecule has 214 valence electrons. The number of likely N-dealkylation sites (tertiary alicyclic amines) is 1. The molecule has 0 spiro atoms. The Labute approximate surface area is 223 Å². The van der Waals surface area contributed by atoms with Gasteiger partial charge in [0.1, 0.15) is 11.6 Å². The topological polar surface area (TPSA) is 91.0 Å². The van der Waals surface area contributed by atoms with Crippen molar-refractivity contribution in [1.29, 1.82) is 0 Å². The van der Waals surface area contributed by atoms with Gasteiger partial charge in [-0.3, -0.25) is 0 Å². The molecule has 0 amide bonds. The second kappa shape index (κ2) is 11.5. The zero-order chi connectivity index (χ0) is 29.2. The Morgan fingerprint density at radius 1 is 1.05 bits per heavy atom. The molecule has 0 saturated carbocycles. The monoisotopic (exact) mass is 577 g/mol. The molecule has 1 aromatic rings. The van der Waals surface area contributed by atoms with Crippen molar-refractivity contribution in [1.82, 2.24) is 14.5 Å². The van der Waals surface area contributed by atoms with Crippen molar-refractivity contribution in [2.45, 2.75) is 30.1 Å². The first-order chi connectivity index (χ1) is 18.0. The molecule has 3 rings (SSSR count). The van der Waals surface area contributed by atoms with Gasteiger partial charge in [0.25, 0.3) is 0 Å². The average molecular weight is 578 g/mol. The molecule has 1 fully saturated rings. The minimum Gasteiger partial charge on any atom is -0.385 e. The summed E-state index contributed by atoms with van der Waals surface area (Å²) in [6, 6.07) is 0.284. The van der Waals surface area contributed by atoms with E-state index in [1.807, 2.05) is 37.2 Å². The summed E-state index contributed by atoms with van der Waals surface area (Å²) in [5.74, 6) is 0.815. The van der Waals surface area contributed by atoms with E-state index in [4.69, 9.17) is 5.73 Å². The highest BCUT2D eigenvalue weighted by Gasteiger charge is 2.38. The van der Waals surface area contributed by atoms with E-state index in [1.165, 1.54) is 0 Å². The van der Waals surface area contributed by atoms with Crippen LogP contribution in [0.2, 0.25) is 0 Å². The Morgan fingerprint density at radius 3 is 2.10 bits per heavy atom. The first-order valence-electron chi connectivity index (χ1n) is 11.8. The van der Waals surface area contributed by atoms with Crippen molar-refractivity contribution in [3.8, 4) is 0 Å². The maximum absolute atomic E-state index is 13.1. The molecular formula is C25H29F6N5O2S. The number of halogens is 6. The molecule has 0 atom stereocenters. The van der Waals surface area contributed by atoms with E-state index in [1.54, 1.807) is 11.0 Å². The van der Waals surface area contributed by atoms with Gasteiger partial charge >= 0.3 is 12.4 Å². The minimum absolute atomic E-state index is 0.113. The molecule has 1 aromatic carbocycles. The molecule has 14 heteroatoms. The molecule has 3 N–H and O–H groups in total. The van der Waals surface area contributed by atoms with Crippen LogP contribution >= 0.6 is 0 Å². The number of rotatable bonds is 7. The fourth-order valence-electron chi connectivity index (χ4n) is 4.03. The number of hydrogen-bond acceptors (Lipinski definition) is 6. The number of nitrogens with two attached hydrogens (primary N) is 1. The Hall–Kier alpha value is -3.26. The Balaban J connectivity index is 1.66. The number of nitrogens with one attached hydrogen (secondary N) is 1. The van der Waals surface area contributed by atoms with Gasteiger partial charge in [-0.1, -0.05) is 18.7 Å². The normalized spacial score (nSPS) is 19.5. The highest BCUT2D eigenvalue weighted by Crippen LogP contribution is 2.37. The van der Waals surface area contributed by atoms with Crippen molar-refractivity contribution in [2.24, 2.45) is 16.6 Å². The molecule has 2 aliphatic rings. The van der Waals surface area contributed by atoms with E-state index in [-0.39, 0.29) is 30.7 Å². The smallest absolute Gasteiger partial charge is 0.385 e. The van der Waals surface area contributed by atoms with Crippen LogP contribution in [0.3, 0.4) is 0 Å². The van der Waals surface area contributed by atoms with Crippen LogP contribution in [0.15, 0.2) is 76.2 Å². The minimum atomic E-state index is -5.15. The first-order valence-corrected chi connectivity index (χ1v) is 13.3. The van der Waals surface area contributed by atoms with Gasteiger partial charge in [-0.05, 0) is 49.1 Å². The third-order valence-electron chi connectivity index (χ3n) is 6.32. The number of piperidine rings is 1. The van der Waals surface area contributed by atoms with Gasteiger partial charge in [-0.25, -0.2) is 18.1 Å². The summed E-state index contributed by atoms with van der Waals surface area (Å²) in [5.41, 5.74) is 4.12. The lowest BCUT2D eigenvalue weighted by Gasteiger charge is -2.33. The molecule has 1 aliphatic heterocycles. The van der Waals surface area contributed by atoms with Crippen LogP contribution in [0, 0.1) is 5.92 Å². The van der Waals surface area contributed by atoms with Gasteiger partial charge < -0.3 is 15.5 Å². The first kappa shape index (κ1) is 30.3. The van der Waals surface area contributed by atoms with Crippen LogP contribution in [-0.2, 0) is 22.4 Å². The molecular weight excluding hydrogens is 548 g/mol. The summed E-state index contributed by atoms with van der Waals surface area (Å²) in [6.07, 6.45) is -2.01. The summed E-state index contributed by atoms with van der Waals surface area (Å²) < 4.78 is 106. The van der Waals surface area contributed by atoms with Crippen molar-refractivity contribution in [3.63, 3.8) is 0 Å². The number of benzene rings is 1. The molecule has 1 saturated heterocycles. The zero-order valence-electron chi connectivity index (χ0n) is 21.3. The van der Waals surface area contributed by atoms with Crippen molar-refractivity contribution < 1.29 is 34.8 Å². The number of nitrogens with zero attached hydrogens (tertiary/aromatic N) is 3. The Bertz CT molecular complexity index is 1290. The highest BCUT2D eigenvalue weighted by molar-refractivity contribution is 7.89. The van der Waals surface area contributed by atoms with E-state index in [0.717, 1.165) is 5.57 Å². The van der Waals surface area contributed by atoms with Gasteiger partial charge in [0.15, 0.2) is 0 Å². The van der Waals surface area contributed by atoms with Crippen molar-refractivity contribution in [3.05, 3.63) is 77.4 Å². The van der Waals surface area contributed by atoms with Gasteiger partial charge in [-0.15, -0.1) is 0 Å². The van der Waals surface area contributed by atoms with Crippen LogP contribution in [-0.4, -0.2) is 57.7 Å². The van der Waals surface area contributed by atoms with Gasteiger partial charge in [-0.2, -0.15) is 26.3 Å². The fourth-order valence-corrected chi connectivity index (χ4v) is 5.21. The van der Waals surface area contributed by atoms with E-state index >= 15 is 0 Å². The highest BCUT2D eigenvalue weighted by atomic mass is 32.2. The molecule has 0 bridgehead atoms. The number of aliphatic imine (C=N–C) groups is 1. The van der Waals surface area contributed by atoms with Crippen LogP contribution in [0.4, 0.5) is 26.3 Å². The molecule has 0 radical (unpaired) electrons. The number of sulfonamides is 1. The predicted molar refractivity (Wildman–Crippen MR) is 136 cm³/mol. The van der Waals surface area contributed by atoms with Crippen LogP contribution < -0.4 is 10.5 Å². The quantitative estimate of drug-likeness (QED) is 0.467. The van der Waals surface area contributed by atoms with Gasteiger partial charge in [0.2, 0.25) is 10.0 Å². The summed E-state index contributed by atoms with van der Waals surface area (Å²) in [4.78, 5) is 7.17. The molecule has 39 heavy (non-hydrogen) atoms. The summed E-state index contributed by atoms with van der Waals surface area (Å²) >= 11 is 0. The van der Waals surface area contributed by atoms with Crippen molar-refractivity contribution >= 4 is 15.7 Å². The second-order valence-corrected chi connectivity index (χ2v) is 11.1. The van der Waals surface area contributed by atoms with Gasteiger partial charge in [0, 0.05) is 39.3 Å². The lowest BCUT2D eigenvalue weighted by atomic mass is 9.97. The molecule has 1 aliphatic carbocycles. The fraction of sp³-hybridized carbons (Fsp3) is 0.400. The summed E-state index contributed by atoms with van der Waals surface area (Å²) in [5, 5.41) is 0. The lowest BCUT2D eigenvalue weighted by molar-refractivity contribution is -0.143. The lowest BCUT2D eigenvalue weighted by Crippen LogP contribution is -2.38.